The van der Waals surface area contributed by atoms with Gasteiger partial charge in [-0.05, 0) is 0 Å². The smallest absolute Gasteiger partial charge is 0.111 e. The molecule has 0 amide bonds. The number of aryl methyl sites for hydroxylation is 2. The van der Waals surface area contributed by atoms with Crippen molar-refractivity contribution >= 4 is 10.8 Å². The van der Waals surface area contributed by atoms with Crippen molar-refractivity contribution < 1.29 is 4.42 Å². The quantitative estimate of drug-likeness (QED) is 0.678. The predicted octanol–water partition coefficient (Wildman–Crippen LogP) is 3.56. The Morgan fingerprint density at radius 1 is 0.923 bits per heavy atom. The number of hydrogen-bond acceptors (Lipinski definition) is 1. The van der Waals surface area contributed by atoms with Crippen LogP contribution in [0.3, 0.4) is 0 Å². The zero-order valence-electron chi connectivity index (χ0n) is 8.13. The molecule has 1 nitrogen and oxygen atoms in total. The van der Waals surface area contributed by atoms with Crippen LogP contribution in [0, 0.1) is 0 Å². The van der Waals surface area contributed by atoms with Gasteiger partial charge >= 0.3 is 0 Å². The second-order valence-corrected chi connectivity index (χ2v) is 3.20. The first-order chi connectivity index (χ1) is 6.36. The number of furan rings is 1. The standard InChI is InChI=1S/C12H14O/c1-3-11-9-7-5-6-8-10(9)12(4-2)13-11/h5-8H,3-4H2,1-2H3. The fourth-order valence-electron chi connectivity index (χ4n) is 1.75. The minimum Gasteiger partial charge on any atom is -0.465 e. The number of rotatable bonds is 2. The van der Waals surface area contributed by atoms with Gasteiger partial charge in [0.2, 0.25) is 0 Å². The Balaban J connectivity index is 2.74. The van der Waals surface area contributed by atoms with Crippen LogP contribution in [0.25, 0.3) is 10.8 Å². The highest BCUT2D eigenvalue weighted by atomic mass is 16.3. The Morgan fingerprint density at radius 3 is 1.77 bits per heavy atom. The van der Waals surface area contributed by atoms with Crippen molar-refractivity contribution in [2.24, 2.45) is 0 Å². The molecular weight excluding hydrogens is 160 g/mol. The molecule has 0 saturated carbocycles. The van der Waals surface area contributed by atoms with Gasteiger partial charge in [-0.3, -0.25) is 0 Å². The maximum Gasteiger partial charge on any atom is 0.111 e. The molecule has 0 aliphatic rings. The first-order valence-corrected chi connectivity index (χ1v) is 4.86. The average Bonchev–Trinajstić information content (AvgIpc) is 2.56. The normalized spacial score (nSPS) is 10.9. The van der Waals surface area contributed by atoms with E-state index in [1.54, 1.807) is 0 Å². The lowest BCUT2D eigenvalue weighted by Gasteiger charge is -1.89. The fraction of sp³-hybridized carbons (Fsp3) is 0.333. The molecule has 0 bridgehead atoms. The van der Waals surface area contributed by atoms with Crippen LogP contribution >= 0.6 is 0 Å². The van der Waals surface area contributed by atoms with Gasteiger partial charge in [-0.25, -0.2) is 0 Å². The second-order valence-electron chi connectivity index (χ2n) is 3.20. The van der Waals surface area contributed by atoms with Crippen LogP contribution in [0.4, 0.5) is 0 Å². The maximum absolute atomic E-state index is 5.76. The molecule has 0 saturated heterocycles. The first kappa shape index (κ1) is 8.36. The Morgan fingerprint density at radius 2 is 1.38 bits per heavy atom. The molecule has 1 heterocycles. The molecule has 0 atom stereocenters. The van der Waals surface area contributed by atoms with Crippen LogP contribution in [-0.2, 0) is 12.8 Å². The Hall–Kier alpha value is -1.24. The van der Waals surface area contributed by atoms with E-state index >= 15 is 0 Å². The highest BCUT2D eigenvalue weighted by Gasteiger charge is 2.08. The van der Waals surface area contributed by atoms with Gasteiger partial charge < -0.3 is 4.42 Å². The molecule has 68 valence electrons. The van der Waals surface area contributed by atoms with Gasteiger partial charge in [0, 0.05) is 23.6 Å². The summed E-state index contributed by atoms with van der Waals surface area (Å²) in [7, 11) is 0. The summed E-state index contributed by atoms with van der Waals surface area (Å²) in [6.07, 6.45) is 1.95. The summed E-state index contributed by atoms with van der Waals surface area (Å²) in [5, 5.41) is 2.56. The molecule has 1 heteroatoms. The zero-order chi connectivity index (χ0) is 9.26. The fourth-order valence-corrected chi connectivity index (χ4v) is 1.75. The van der Waals surface area contributed by atoms with Gasteiger partial charge in [0.25, 0.3) is 0 Å². The molecule has 0 N–H and O–H groups in total. The molecule has 0 fully saturated rings. The van der Waals surface area contributed by atoms with Crippen LogP contribution < -0.4 is 0 Å². The largest absolute Gasteiger partial charge is 0.465 e. The molecule has 1 aromatic heterocycles. The Bertz CT molecular complexity index is 374. The minimum atomic E-state index is 0.973. The molecule has 0 aliphatic heterocycles. The van der Waals surface area contributed by atoms with Crippen molar-refractivity contribution in [1.29, 1.82) is 0 Å². The molecular formula is C12H14O. The van der Waals surface area contributed by atoms with Gasteiger partial charge in [-0.2, -0.15) is 0 Å². The van der Waals surface area contributed by atoms with Crippen LogP contribution in [0.2, 0.25) is 0 Å². The lowest BCUT2D eigenvalue weighted by molar-refractivity contribution is 0.480. The summed E-state index contributed by atoms with van der Waals surface area (Å²) in [6.45, 7) is 4.26. The topological polar surface area (TPSA) is 13.1 Å². The highest BCUT2D eigenvalue weighted by Crippen LogP contribution is 2.26. The van der Waals surface area contributed by atoms with Crippen molar-refractivity contribution in [2.45, 2.75) is 26.7 Å². The lowest BCUT2D eigenvalue weighted by Crippen LogP contribution is -1.73. The van der Waals surface area contributed by atoms with E-state index in [-0.39, 0.29) is 0 Å². The SMILES string of the molecule is CCc1oc(CC)c2ccccc12. The van der Waals surface area contributed by atoms with Gasteiger partial charge in [0.1, 0.15) is 11.5 Å². The summed E-state index contributed by atoms with van der Waals surface area (Å²) < 4.78 is 5.76. The summed E-state index contributed by atoms with van der Waals surface area (Å²) in [4.78, 5) is 0. The van der Waals surface area contributed by atoms with Crippen molar-refractivity contribution in [2.75, 3.05) is 0 Å². The third kappa shape index (κ3) is 1.24. The molecule has 0 unspecified atom stereocenters. The Labute approximate surface area is 78.4 Å². The van der Waals surface area contributed by atoms with Gasteiger partial charge in [-0.1, -0.05) is 38.1 Å². The van der Waals surface area contributed by atoms with Crippen molar-refractivity contribution in [3.8, 4) is 0 Å². The lowest BCUT2D eigenvalue weighted by atomic mass is 10.1. The van der Waals surface area contributed by atoms with Gasteiger partial charge in [-0.15, -0.1) is 0 Å². The molecule has 1 aromatic carbocycles. The monoisotopic (exact) mass is 174 g/mol. The van der Waals surface area contributed by atoms with E-state index in [1.165, 1.54) is 10.8 Å². The van der Waals surface area contributed by atoms with E-state index in [9.17, 15) is 0 Å². The number of benzene rings is 1. The first-order valence-electron chi connectivity index (χ1n) is 4.86. The molecule has 2 aromatic rings. The van der Waals surface area contributed by atoms with E-state index in [1.807, 2.05) is 0 Å². The van der Waals surface area contributed by atoms with Crippen molar-refractivity contribution in [3.63, 3.8) is 0 Å². The molecule has 0 aliphatic carbocycles. The summed E-state index contributed by atoms with van der Waals surface area (Å²) in [5.41, 5.74) is 0. The summed E-state index contributed by atoms with van der Waals surface area (Å²) in [5.74, 6) is 2.24. The molecule has 2 rings (SSSR count). The maximum atomic E-state index is 5.76. The van der Waals surface area contributed by atoms with Crippen LogP contribution in [0.5, 0.6) is 0 Å². The minimum absolute atomic E-state index is 0.973. The molecule has 0 radical (unpaired) electrons. The van der Waals surface area contributed by atoms with Gasteiger partial charge in [0.05, 0.1) is 0 Å². The van der Waals surface area contributed by atoms with Crippen LogP contribution in [0.1, 0.15) is 25.4 Å². The zero-order valence-corrected chi connectivity index (χ0v) is 8.13. The van der Waals surface area contributed by atoms with Crippen molar-refractivity contribution in [3.05, 3.63) is 35.8 Å². The highest BCUT2D eigenvalue weighted by molar-refractivity contribution is 5.86. The number of hydrogen-bond donors (Lipinski definition) is 0. The molecule has 0 spiro atoms. The van der Waals surface area contributed by atoms with Crippen LogP contribution in [-0.4, -0.2) is 0 Å². The van der Waals surface area contributed by atoms with Crippen LogP contribution in [0.15, 0.2) is 28.7 Å². The van der Waals surface area contributed by atoms with E-state index in [0.29, 0.717) is 0 Å². The van der Waals surface area contributed by atoms with E-state index in [2.05, 4.69) is 38.1 Å². The summed E-state index contributed by atoms with van der Waals surface area (Å²) in [6, 6.07) is 8.40. The Kier molecular flexibility index (Phi) is 2.09. The van der Waals surface area contributed by atoms with E-state index in [0.717, 1.165) is 24.4 Å². The third-order valence-corrected chi connectivity index (χ3v) is 2.42. The van der Waals surface area contributed by atoms with Gasteiger partial charge in [0.15, 0.2) is 0 Å². The second kappa shape index (κ2) is 3.25. The third-order valence-electron chi connectivity index (χ3n) is 2.42. The van der Waals surface area contributed by atoms with Crippen molar-refractivity contribution in [1.82, 2.24) is 0 Å². The van der Waals surface area contributed by atoms with E-state index < -0.39 is 0 Å². The number of fused-ring (bicyclic) bond motifs is 1. The summed E-state index contributed by atoms with van der Waals surface area (Å²) >= 11 is 0. The molecule has 13 heavy (non-hydrogen) atoms. The average molecular weight is 174 g/mol. The predicted molar refractivity (Wildman–Crippen MR) is 55.0 cm³/mol. The van der Waals surface area contributed by atoms with E-state index in [4.69, 9.17) is 4.42 Å².